The van der Waals surface area contributed by atoms with Gasteiger partial charge in [-0.25, -0.2) is 9.97 Å². The van der Waals surface area contributed by atoms with E-state index in [1.54, 1.807) is 38.9 Å². The maximum absolute atomic E-state index is 5.21. The molecule has 0 saturated carbocycles. The smallest absolute Gasteiger partial charge is 0.200 e. The number of hydrogen-bond donors (Lipinski definition) is 0. The summed E-state index contributed by atoms with van der Waals surface area (Å²) < 4.78 is 10.4. The Kier molecular flexibility index (Phi) is 3.81. The fourth-order valence-electron chi connectivity index (χ4n) is 2.08. The summed E-state index contributed by atoms with van der Waals surface area (Å²) in [4.78, 5) is 17.3. The third-order valence-corrected chi connectivity index (χ3v) is 3.07. The van der Waals surface area contributed by atoms with Gasteiger partial charge in [0.2, 0.25) is 6.29 Å². The Balaban J connectivity index is 2.03. The Morgan fingerprint density at radius 2 is 1.62 bits per heavy atom. The first-order valence-corrected chi connectivity index (χ1v) is 6.41. The van der Waals surface area contributed by atoms with Crippen molar-refractivity contribution in [1.29, 1.82) is 0 Å². The highest BCUT2D eigenvalue weighted by Gasteiger charge is 2.12. The molecule has 0 radical (unpaired) electrons. The Morgan fingerprint density at radius 1 is 0.857 bits per heavy atom. The molecule has 0 amide bonds. The van der Waals surface area contributed by atoms with Crippen LogP contribution >= 0.6 is 0 Å². The highest BCUT2D eigenvalue weighted by atomic mass is 16.7. The minimum atomic E-state index is -0.507. The van der Waals surface area contributed by atoms with Crippen LogP contribution in [0.4, 0.5) is 0 Å². The van der Waals surface area contributed by atoms with E-state index in [0.717, 1.165) is 16.6 Å². The number of fused-ring (bicyclic) bond motifs is 1. The van der Waals surface area contributed by atoms with E-state index in [1.807, 2.05) is 18.2 Å². The summed E-state index contributed by atoms with van der Waals surface area (Å²) in [7, 11) is 3.14. The SMILES string of the molecule is COC(OC)c1ccnc(-c2ccc3nccnc3c2)n1. The lowest BCUT2D eigenvalue weighted by Crippen LogP contribution is -2.07. The number of ether oxygens (including phenoxy) is 2. The van der Waals surface area contributed by atoms with Gasteiger partial charge in [-0.1, -0.05) is 0 Å². The number of rotatable bonds is 4. The molecule has 0 saturated heterocycles. The first kappa shape index (κ1) is 13.5. The summed E-state index contributed by atoms with van der Waals surface area (Å²) in [6.07, 6.45) is 4.51. The standard InChI is InChI=1S/C15H14N4O2/c1-20-15(21-2)12-5-6-18-14(19-12)10-3-4-11-13(9-10)17-8-7-16-11/h3-9,15H,1-2H3. The van der Waals surface area contributed by atoms with Gasteiger partial charge in [-0.3, -0.25) is 9.97 Å². The second-order valence-corrected chi connectivity index (χ2v) is 4.37. The zero-order valence-corrected chi connectivity index (χ0v) is 11.7. The van der Waals surface area contributed by atoms with Crippen molar-refractivity contribution in [2.45, 2.75) is 6.29 Å². The molecular weight excluding hydrogens is 268 g/mol. The molecule has 0 spiro atoms. The Hall–Kier alpha value is -2.44. The van der Waals surface area contributed by atoms with E-state index in [1.165, 1.54) is 0 Å². The van der Waals surface area contributed by atoms with E-state index in [9.17, 15) is 0 Å². The largest absolute Gasteiger partial charge is 0.350 e. The number of methoxy groups -OCH3 is 2. The van der Waals surface area contributed by atoms with Gasteiger partial charge >= 0.3 is 0 Å². The van der Waals surface area contributed by atoms with Gasteiger partial charge in [-0.05, 0) is 24.3 Å². The number of benzene rings is 1. The molecule has 0 unspecified atom stereocenters. The van der Waals surface area contributed by atoms with Crippen molar-refractivity contribution in [3.63, 3.8) is 0 Å². The topological polar surface area (TPSA) is 70.0 Å². The minimum absolute atomic E-state index is 0.507. The first-order valence-electron chi connectivity index (χ1n) is 6.41. The minimum Gasteiger partial charge on any atom is -0.350 e. The van der Waals surface area contributed by atoms with Crippen LogP contribution in [0, 0.1) is 0 Å². The predicted molar refractivity (Wildman–Crippen MR) is 77.3 cm³/mol. The summed E-state index contributed by atoms with van der Waals surface area (Å²) in [5, 5.41) is 0. The molecule has 0 aliphatic heterocycles. The van der Waals surface area contributed by atoms with Crippen molar-refractivity contribution >= 4 is 11.0 Å². The number of hydrogen-bond acceptors (Lipinski definition) is 6. The number of aromatic nitrogens is 4. The average molecular weight is 282 g/mol. The van der Waals surface area contributed by atoms with E-state index >= 15 is 0 Å². The third kappa shape index (κ3) is 2.72. The third-order valence-electron chi connectivity index (χ3n) is 3.07. The van der Waals surface area contributed by atoms with Crippen molar-refractivity contribution in [3.8, 4) is 11.4 Å². The Labute approximate surface area is 121 Å². The van der Waals surface area contributed by atoms with Crippen LogP contribution in [0.2, 0.25) is 0 Å². The molecule has 0 atom stereocenters. The van der Waals surface area contributed by atoms with Gasteiger partial charge in [0.25, 0.3) is 0 Å². The lowest BCUT2D eigenvalue weighted by molar-refractivity contribution is -0.108. The average Bonchev–Trinajstić information content (AvgIpc) is 2.56. The first-order chi connectivity index (χ1) is 10.3. The lowest BCUT2D eigenvalue weighted by Gasteiger charge is -2.13. The molecule has 2 heterocycles. The van der Waals surface area contributed by atoms with Crippen LogP contribution < -0.4 is 0 Å². The van der Waals surface area contributed by atoms with Crippen LogP contribution in [0.1, 0.15) is 12.0 Å². The number of nitrogens with zero attached hydrogens (tertiary/aromatic N) is 4. The molecule has 0 aliphatic rings. The monoisotopic (exact) mass is 282 g/mol. The van der Waals surface area contributed by atoms with Crippen molar-refractivity contribution in [2.75, 3.05) is 14.2 Å². The molecule has 0 N–H and O–H groups in total. The molecule has 6 nitrogen and oxygen atoms in total. The fraction of sp³-hybridized carbons (Fsp3) is 0.200. The van der Waals surface area contributed by atoms with Crippen LogP contribution in [-0.4, -0.2) is 34.2 Å². The van der Waals surface area contributed by atoms with Crippen molar-refractivity contribution in [3.05, 3.63) is 48.5 Å². The van der Waals surface area contributed by atoms with Gasteiger partial charge in [-0.2, -0.15) is 0 Å². The zero-order chi connectivity index (χ0) is 14.7. The van der Waals surface area contributed by atoms with Crippen LogP contribution in [-0.2, 0) is 9.47 Å². The Bertz CT molecular complexity index is 759. The summed E-state index contributed by atoms with van der Waals surface area (Å²) in [6.45, 7) is 0. The van der Waals surface area contributed by atoms with E-state index < -0.39 is 6.29 Å². The molecule has 0 fully saturated rings. The zero-order valence-electron chi connectivity index (χ0n) is 11.7. The van der Waals surface area contributed by atoms with E-state index in [-0.39, 0.29) is 0 Å². The van der Waals surface area contributed by atoms with Crippen molar-refractivity contribution in [1.82, 2.24) is 19.9 Å². The summed E-state index contributed by atoms with van der Waals surface area (Å²) in [5.41, 5.74) is 3.18. The maximum atomic E-state index is 5.21. The maximum Gasteiger partial charge on any atom is 0.200 e. The van der Waals surface area contributed by atoms with Crippen molar-refractivity contribution in [2.24, 2.45) is 0 Å². The van der Waals surface area contributed by atoms with Gasteiger partial charge in [0.15, 0.2) is 5.82 Å². The van der Waals surface area contributed by atoms with Gasteiger partial charge in [0.1, 0.15) is 5.69 Å². The van der Waals surface area contributed by atoms with Crippen LogP contribution in [0.5, 0.6) is 0 Å². The summed E-state index contributed by atoms with van der Waals surface area (Å²) >= 11 is 0. The van der Waals surface area contributed by atoms with Crippen LogP contribution in [0.3, 0.4) is 0 Å². The molecule has 0 bridgehead atoms. The summed E-state index contributed by atoms with van der Waals surface area (Å²) in [5.74, 6) is 0.596. The predicted octanol–water partition coefficient (Wildman–Crippen LogP) is 2.38. The van der Waals surface area contributed by atoms with E-state index in [4.69, 9.17) is 9.47 Å². The molecule has 2 aromatic heterocycles. The second kappa shape index (κ2) is 5.90. The Morgan fingerprint density at radius 3 is 2.38 bits per heavy atom. The van der Waals surface area contributed by atoms with E-state index in [0.29, 0.717) is 11.5 Å². The second-order valence-electron chi connectivity index (χ2n) is 4.37. The normalized spacial score (nSPS) is 11.2. The van der Waals surface area contributed by atoms with Gasteiger partial charge in [-0.15, -0.1) is 0 Å². The molecule has 0 aliphatic carbocycles. The molecular formula is C15H14N4O2. The quantitative estimate of drug-likeness (QED) is 0.684. The molecule has 106 valence electrons. The van der Waals surface area contributed by atoms with Gasteiger partial charge < -0.3 is 9.47 Å². The van der Waals surface area contributed by atoms with Crippen LogP contribution in [0.25, 0.3) is 22.4 Å². The highest BCUT2D eigenvalue weighted by Crippen LogP contribution is 2.21. The van der Waals surface area contributed by atoms with E-state index in [2.05, 4.69) is 19.9 Å². The molecule has 6 heteroatoms. The van der Waals surface area contributed by atoms with Crippen LogP contribution in [0.15, 0.2) is 42.9 Å². The summed E-state index contributed by atoms with van der Waals surface area (Å²) in [6, 6.07) is 7.50. The lowest BCUT2D eigenvalue weighted by atomic mass is 10.2. The molecule has 1 aromatic carbocycles. The molecule has 3 rings (SSSR count). The highest BCUT2D eigenvalue weighted by molar-refractivity contribution is 5.79. The van der Waals surface area contributed by atoms with Gasteiger partial charge in [0, 0.05) is 38.4 Å². The van der Waals surface area contributed by atoms with Crippen molar-refractivity contribution < 1.29 is 9.47 Å². The fourth-order valence-corrected chi connectivity index (χ4v) is 2.08. The molecule has 3 aromatic rings. The van der Waals surface area contributed by atoms with Gasteiger partial charge in [0.05, 0.1) is 11.0 Å². The molecule has 21 heavy (non-hydrogen) atoms.